The van der Waals surface area contributed by atoms with E-state index in [1.165, 1.54) is 11.8 Å². The Kier molecular flexibility index (Phi) is 4.13. The Balaban J connectivity index is 1.72. The van der Waals surface area contributed by atoms with Gasteiger partial charge in [-0.2, -0.15) is 0 Å². The first-order valence-corrected chi connectivity index (χ1v) is 7.58. The lowest BCUT2D eigenvalue weighted by Crippen LogP contribution is -1.81. The number of rotatable bonds is 4. The van der Waals surface area contributed by atoms with Gasteiger partial charge >= 0.3 is 0 Å². The number of phenolic OH excluding ortho intramolecular Hbond substituents is 1. The van der Waals surface area contributed by atoms with Crippen LogP contribution in [0.3, 0.4) is 0 Å². The Hall–Kier alpha value is -1.98. The van der Waals surface area contributed by atoms with Gasteiger partial charge in [0.25, 0.3) is 5.22 Å². The molecule has 0 atom stereocenters. The predicted octanol–water partition coefficient (Wildman–Crippen LogP) is 4.39. The smallest absolute Gasteiger partial charge is 0.277 e. The zero-order chi connectivity index (χ0) is 14.7. The van der Waals surface area contributed by atoms with Crippen molar-refractivity contribution in [1.82, 2.24) is 10.2 Å². The minimum Gasteiger partial charge on any atom is -0.508 e. The van der Waals surface area contributed by atoms with E-state index in [1.807, 2.05) is 24.3 Å². The molecule has 0 amide bonds. The molecule has 2 aromatic carbocycles. The van der Waals surface area contributed by atoms with E-state index in [0.29, 0.717) is 22.4 Å². The van der Waals surface area contributed by atoms with Crippen LogP contribution >= 0.6 is 23.4 Å². The van der Waals surface area contributed by atoms with Gasteiger partial charge in [-0.3, -0.25) is 0 Å². The van der Waals surface area contributed by atoms with Crippen LogP contribution in [-0.4, -0.2) is 15.3 Å². The highest BCUT2D eigenvalue weighted by Gasteiger charge is 2.10. The summed E-state index contributed by atoms with van der Waals surface area (Å²) in [7, 11) is 0. The second kappa shape index (κ2) is 6.20. The molecule has 0 bridgehead atoms. The first-order chi connectivity index (χ1) is 10.2. The summed E-state index contributed by atoms with van der Waals surface area (Å²) >= 11 is 7.52. The lowest BCUT2D eigenvalue weighted by molar-refractivity contribution is 0.462. The third kappa shape index (κ3) is 3.37. The van der Waals surface area contributed by atoms with Crippen LogP contribution in [-0.2, 0) is 5.75 Å². The molecular formula is C15H11ClN2O2S. The fourth-order valence-electron chi connectivity index (χ4n) is 1.78. The fraction of sp³-hybridized carbons (Fsp3) is 0.0667. The van der Waals surface area contributed by atoms with E-state index in [1.54, 1.807) is 24.3 Å². The molecule has 0 aliphatic carbocycles. The molecule has 6 heteroatoms. The van der Waals surface area contributed by atoms with Crippen LogP contribution < -0.4 is 0 Å². The van der Waals surface area contributed by atoms with Crippen molar-refractivity contribution >= 4 is 23.4 Å². The van der Waals surface area contributed by atoms with E-state index in [2.05, 4.69) is 10.2 Å². The molecule has 0 saturated carbocycles. The third-order valence-electron chi connectivity index (χ3n) is 2.81. The molecule has 1 aromatic heterocycles. The molecule has 1 heterocycles. The van der Waals surface area contributed by atoms with Gasteiger partial charge in [0.1, 0.15) is 5.75 Å². The number of hydrogen-bond acceptors (Lipinski definition) is 5. The second-order valence-electron chi connectivity index (χ2n) is 4.30. The number of nitrogens with zero attached hydrogens (tertiary/aromatic N) is 2. The highest BCUT2D eigenvalue weighted by Crippen LogP contribution is 2.28. The van der Waals surface area contributed by atoms with Gasteiger partial charge in [-0.25, -0.2) is 0 Å². The van der Waals surface area contributed by atoms with E-state index in [4.69, 9.17) is 16.0 Å². The van der Waals surface area contributed by atoms with Crippen molar-refractivity contribution in [1.29, 1.82) is 0 Å². The van der Waals surface area contributed by atoms with Crippen LogP contribution in [0, 0.1) is 0 Å². The average molecular weight is 319 g/mol. The number of thioether (sulfide) groups is 1. The molecule has 4 nitrogen and oxygen atoms in total. The molecule has 1 N–H and O–H groups in total. The maximum Gasteiger partial charge on any atom is 0.277 e. The second-order valence-corrected chi connectivity index (χ2v) is 5.64. The molecular weight excluding hydrogens is 308 g/mol. The summed E-state index contributed by atoms with van der Waals surface area (Å²) in [5.74, 6) is 1.20. The molecule has 106 valence electrons. The van der Waals surface area contributed by atoms with Crippen molar-refractivity contribution in [2.75, 3.05) is 0 Å². The topological polar surface area (TPSA) is 59.2 Å². The van der Waals surface area contributed by atoms with Crippen LogP contribution in [0.2, 0.25) is 5.02 Å². The molecule has 21 heavy (non-hydrogen) atoms. The molecule has 0 aliphatic rings. The largest absolute Gasteiger partial charge is 0.508 e. The Morgan fingerprint density at radius 3 is 2.76 bits per heavy atom. The summed E-state index contributed by atoms with van der Waals surface area (Å²) in [5.41, 5.74) is 1.70. The Morgan fingerprint density at radius 1 is 1.10 bits per heavy atom. The summed E-state index contributed by atoms with van der Waals surface area (Å²) < 4.78 is 5.57. The summed E-state index contributed by atoms with van der Waals surface area (Å²) in [5, 5.41) is 18.6. The van der Waals surface area contributed by atoms with Crippen molar-refractivity contribution < 1.29 is 9.52 Å². The number of benzene rings is 2. The molecule has 0 aliphatic heterocycles. The van der Waals surface area contributed by atoms with E-state index in [-0.39, 0.29) is 5.75 Å². The zero-order valence-electron chi connectivity index (χ0n) is 10.9. The van der Waals surface area contributed by atoms with Gasteiger partial charge in [0.2, 0.25) is 5.89 Å². The van der Waals surface area contributed by atoms with E-state index in [9.17, 15) is 5.11 Å². The number of hydrogen-bond donors (Lipinski definition) is 1. The summed E-state index contributed by atoms with van der Waals surface area (Å²) in [6, 6.07) is 14.3. The molecule has 0 unspecified atom stereocenters. The molecule has 0 fully saturated rings. The highest BCUT2D eigenvalue weighted by molar-refractivity contribution is 7.98. The number of halogens is 1. The van der Waals surface area contributed by atoms with E-state index >= 15 is 0 Å². The van der Waals surface area contributed by atoms with Gasteiger partial charge in [-0.05, 0) is 29.8 Å². The highest BCUT2D eigenvalue weighted by atomic mass is 35.5. The lowest BCUT2D eigenvalue weighted by atomic mass is 10.2. The van der Waals surface area contributed by atoms with Crippen molar-refractivity contribution in [3.05, 3.63) is 59.1 Å². The van der Waals surface area contributed by atoms with Crippen LogP contribution in [0.1, 0.15) is 5.56 Å². The normalized spacial score (nSPS) is 10.7. The molecule has 0 radical (unpaired) electrons. The lowest BCUT2D eigenvalue weighted by Gasteiger charge is -2.00. The van der Waals surface area contributed by atoms with Crippen molar-refractivity contribution in [2.45, 2.75) is 11.0 Å². The summed E-state index contributed by atoms with van der Waals surface area (Å²) in [4.78, 5) is 0. The molecule has 0 spiro atoms. The Morgan fingerprint density at radius 2 is 1.95 bits per heavy atom. The SMILES string of the molecule is Oc1cccc(-c2nnc(SCc3ccccc3Cl)o2)c1. The minimum atomic E-state index is 0.163. The monoisotopic (exact) mass is 318 g/mol. The molecule has 3 rings (SSSR count). The third-order valence-corrected chi connectivity index (χ3v) is 4.04. The van der Waals surface area contributed by atoms with Crippen LogP contribution in [0.5, 0.6) is 5.75 Å². The van der Waals surface area contributed by atoms with Gasteiger partial charge in [0.05, 0.1) is 0 Å². The quantitative estimate of drug-likeness (QED) is 0.723. The van der Waals surface area contributed by atoms with Crippen LogP contribution in [0.25, 0.3) is 11.5 Å². The summed E-state index contributed by atoms with van der Waals surface area (Å²) in [6.07, 6.45) is 0. The van der Waals surface area contributed by atoms with Crippen LogP contribution in [0.4, 0.5) is 0 Å². The van der Waals surface area contributed by atoms with Gasteiger partial charge in [0, 0.05) is 16.3 Å². The molecule has 0 saturated heterocycles. The van der Waals surface area contributed by atoms with Gasteiger partial charge < -0.3 is 9.52 Å². The first kappa shape index (κ1) is 14.0. The average Bonchev–Trinajstić information content (AvgIpc) is 2.95. The van der Waals surface area contributed by atoms with Gasteiger partial charge in [-0.15, -0.1) is 10.2 Å². The maximum absolute atomic E-state index is 9.45. The summed E-state index contributed by atoms with van der Waals surface area (Å²) in [6.45, 7) is 0. The number of phenols is 1. The van der Waals surface area contributed by atoms with Crippen molar-refractivity contribution in [3.63, 3.8) is 0 Å². The van der Waals surface area contributed by atoms with Gasteiger partial charge in [0.15, 0.2) is 0 Å². The predicted molar refractivity (Wildman–Crippen MR) is 82.4 cm³/mol. The zero-order valence-corrected chi connectivity index (χ0v) is 12.4. The van der Waals surface area contributed by atoms with Crippen LogP contribution in [0.15, 0.2) is 58.2 Å². The van der Waals surface area contributed by atoms with Crippen molar-refractivity contribution in [3.8, 4) is 17.2 Å². The Labute approximate surface area is 130 Å². The number of aromatic nitrogens is 2. The number of aromatic hydroxyl groups is 1. The van der Waals surface area contributed by atoms with E-state index < -0.39 is 0 Å². The maximum atomic E-state index is 9.45. The van der Waals surface area contributed by atoms with E-state index in [0.717, 1.165) is 10.6 Å². The fourth-order valence-corrected chi connectivity index (χ4v) is 2.83. The van der Waals surface area contributed by atoms with Gasteiger partial charge in [-0.1, -0.05) is 47.6 Å². The molecule has 3 aromatic rings. The Bertz CT molecular complexity index is 761. The van der Waals surface area contributed by atoms with Crippen molar-refractivity contribution in [2.24, 2.45) is 0 Å². The standard InChI is InChI=1S/C15H11ClN2O2S/c16-13-7-2-1-4-11(13)9-21-15-18-17-14(20-15)10-5-3-6-12(19)8-10/h1-8,19H,9H2. The first-order valence-electron chi connectivity index (χ1n) is 6.21. The minimum absolute atomic E-state index is 0.163.